The van der Waals surface area contributed by atoms with Crippen molar-refractivity contribution in [3.8, 4) is 0 Å². The van der Waals surface area contributed by atoms with Crippen molar-refractivity contribution in [1.82, 2.24) is 5.32 Å². The number of hydrogen-bond acceptors (Lipinski definition) is 2. The van der Waals surface area contributed by atoms with Crippen LogP contribution in [0.2, 0.25) is 5.02 Å². The second-order valence-corrected chi connectivity index (χ2v) is 5.65. The number of aryl methyl sites for hydroxylation is 1. The molecule has 0 spiro atoms. The molecule has 2 rings (SSSR count). The molecule has 1 heterocycles. The van der Waals surface area contributed by atoms with Crippen molar-refractivity contribution in [1.29, 1.82) is 0 Å². The molecule has 0 aliphatic carbocycles. The maximum absolute atomic E-state index is 11.9. The summed E-state index contributed by atoms with van der Waals surface area (Å²) in [5.74, 6) is -0.0741. The van der Waals surface area contributed by atoms with E-state index in [1.54, 1.807) is 35.6 Å². The Morgan fingerprint density at radius 1 is 1.28 bits per heavy atom. The monoisotopic (exact) mass is 279 g/mol. The van der Waals surface area contributed by atoms with Gasteiger partial charge in [0.1, 0.15) is 0 Å². The number of amides is 1. The summed E-state index contributed by atoms with van der Waals surface area (Å²) < 4.78 is 0. The van der Waals surface area contributed by atoms with Gasteiger partial charge in [-0.15, -0.1) is 11.3 Å². The zero-order valence-electron chi connectivity index (χ0n) is 10.3. The lowest BCUT2D eigenvalue weighted by molar-refractivity contribution is 0.0951. The topological polar surface area (TPSA) is 29.1 Å². The van der Waals surface area contributed by atoms with Gasteiger partial charge in [0.05, 0.1) is 0 Å². The van der Waals surface area contributed by atoms with Gasteiger partial charge in [-0.25, -0.2) is 0 Å². The van der Waals surface area contributed by atoms with E-state index in [-0.39, 0.29) is 5.91 Å². The van der Waals surface area contributed by atoms with E-state index >= 15 is 0 Å². The lowest BCUT2D eigenvalue weighted by Crippen LogP contribution is -2.22. The summed E-state index contributed by atoms with van der Waals surface area (Å²) in [5.41, 5.74) is 3.07. The molecule has 1 amide bonds. The highest BCUT2D eigenvalue weighted by atomic mass is 35.5. The van der Waals surface area contributed by atoms with Crippen LogP contribution in [0.15, 0.2) is 29.6 Å². The third-order valence-corrected chi connectivity index (χ3v) is 4.25. The SMILES string of the molecule is Cc1scc(CNC(=O)c2ccc(Cl)cc2)c1C. The standard InChI is InChI=1S/C14H14ClNOS/c1-9-10(2)18-8-12(9)7-16-14(17)11-3-5-13(15)6-4-11/h3-6,8H,7H2,1-2H3,(H,16,17). The smallest absolute Gasteiger partial charge is 0.251 e. The summed E-state index contributed by atoms with van der Waals surface area (Å²) in [4.78, 5) is 13.2. The second-order valence-electron chi connectivity index (χ2n) is 4.13. The van der Waals surface area contributed by atoms with Gasteiger partial charge in [-0.1, -0.05) is 11.6 Å². The van der Waals surface area contributed by atoms with Gasteiger partial charge in [0.25, 0.3) is 5.91 Å². The number of carbonyl (C=O) groups is 1. The Kier molecular flexibility index (Phi) is 4.04. The first kappa shape index (κ1) is 13.1. The maximum Gasteiger partial charge on any atom is 0.251 e. The van der Waals surface area contributed by atoms with Crippen molar-refractivity contribution in [3.63, 3.8) is 0 Å². The summed E-state index contributed by atoms with van der Waals surface area (Å²) in [7, 11) is 0. The van der Waals surface area contributed by atoms with E-state index in [1.807, 2.05) is 0 Å². The van der Waals surface area contributed by atoms with E-state index in [1.165, 1.54) is 16.0 Å². The van der Waals surface area contributed by atoms with Crippen LogP contribution >= 0.6 is 22.9 Å². The molecular weight excluding hydrogens is 266 g/mol. The molecule has 2 nitrogen and oxygen atoms in total. The fourth-order valence-corrected chi connectivity index (χ4v) is 2.63. The van der Waals surface area contributed by atoms with Crippen LogP contribution in [0.5, 0.6) is 0 Å². The van der Waals surface area contributed by atoms with E-state index in [0.717, 1.165) is 0 Å². The van der Waals surface area contributed by atoms with Crippen LogP contribution in [0, 0.1) is 13.8 Å². The van der Waals surface area contributed by atoms with Gasteiger partial charge in [0.15, 0.2) is 0 Å². The summed E-state index contributed by atoms with van der Waals surface area (Å²) in [6.07, 6.45) is 0. The zero-order chi connectivity index (χ0) is 13.1. The van der Waals surface area contributed by atoms with Crippen molar-refractivity contribution in [2.24, 2.45) is 0 Å². The first-order chi connectivity index (χ1) is 8.58. The molecule has 0 saturated carbocycles. The minimum Gasteiger partial charge on any atom is -0.348 e. The fourth-order valence-electron chi connectivity index (χ4n) is 1.62. The Balaban J connectivity index is 2.00. The third kappa shape index (κ3) is 2.92. The van der Waals surface area contributed by atoms with Gasteiger partial charge in [0.2, 0.25) is 0 Å². The molecule has 94 valence electrons. The Bertz CT molecular complexity index is 560. The average Bonchev–Trinajstić information content (AvgIpc) is 2.68. The Morgan fingerprint density at radius 3 is 2.50 bits per heavy atom. The molecule has 2 aromatic rings. The Morgan fingerprint density at radius 2 is 1.94 bits per heavy atom. The minimum absolute atomic E-state index is 0.0741. The predicted molar refractivity (Wildman–Crippen MR) is 76.4 cm³/mol. The highest BCUT2D eigenvalue weighted by molar-refractivity contribution is 7.10. The van der Waals surface area contributed by atoms with Crippen LogP contribution in [-0.2, 0) is 6.54 Å². The minimum atomic E-state index is -0.0741. The molecule has 1 aromatic carbocycles. The van der Waals surface area contributed by atoms with Crippen LogP contribution < -0.4 is 5.32 Å². The quantitative estimate of drug-likeness (QED) is 0.906. The molecule has 18 heavy (non-hydrogen) atoms. The number of halogens is 1. The second kappa shape index (κ2) is 5.55. The largest absolute Gasteiger partial charge is 0.348 e. The molecular formula is C14H14ClNOS. The van der Waals surface area contributed by atoms with Gasteiger partial charge in [-0.2, -0.15) is 0 Å². The number of thiophene rings is 1. The molecule has 0 unspecified atom stereocenters. The lowest BCUT2D eigenvalue weighted by atomic mass is 10.1. The normalized spacial score (nSPS) is 10.4. The van der Waals surface area contributed by atoms with Crippen LogP contribution in [0.3, 0.4) is 0 Å². The van der Waals surface area contributed by atoms with Crippen molar-refractivity contribution in [2.75, 3.05) is 0 Å². The first-order valence-corrected chi connectivity index (χ1v) is 6.91. The molecule has 0 aliphatic rings. The Hall–Kier alpha value is -1.32. The molecule has 1 N–H and O–H groups in total. The molecule has 0 saturated heterocycles. The number of carbonyl (C=O) groups excluding carboxylic acids is 1. The van der Waals surface area contributed by atoms with Gasteiger partial charge in [-0.05, 0) is 54.6 Å². The van der Waals surface area contributed by atoms with Crippen LogP contribution in [0.25, 0.3) is 0 Å². The lowest BCUT2D eigenvalue weighted by Gasteiger charge is -2.05. The van der Waals surface area contributed by atoms with Gasteiger partial charge in [-0.3, -0.25) is 4.79 Å². The van der Waals surface area contributed by atoms with Gasteiger partial charge >= 0.3 is 0 Å². The summed E-state index contributed by atoms with van der Waals surface area (Å²) in [6, 6.07) is 6.89. The first-order valence-electron chi connectivity index (χ1n) is 5.65. The van der Waals surface area contributed by atoms with E-state index in [2.05, 4.69) is 24.5 Å². The van der Waals surface area contributed by atoms with E-state index in [9.17, 15) is 4.79 Å². The maximum atomic E-state index is 11.9. The van der Waals surface area contributed by atoms with Crippen molar-refractivity contribution < 1.29 is 4.79 Å². The molecule has 0 fully saturated rings. The highest BCUT2D eigenvalue weighted by Gasteiger charge is 2.07. The summed E-state index contributed by atoms with van der Waals surface area (Å²) >= 11 is 7.49. The van der Waals surface area contributed by atoms with E-state index in [0.29, 0.717) is 17.1 Å². The molecule has 4 heteroatoms. The molecule has 0 radical (unpaired) electrons. The van der Waals surface area contributed by atoms with Crippen molar-refractivity contribution >= 4 is 28.8 Å². The fraction of sp³-hybridized carbons (Fsp3) is 0.214. The summed E-state index contributed by atoms with van der Waals surface area (Å²) in [6.45, 7) is 4.73. The van der Waals surface area contributed by atoms with Crippen LogP contribution in [0.1, 0.15) is 26.4 Å². The van der Waals surface area contributed by atoms with E-state index in [4.69, 9.17) is 11.6 Å². The molecule has 1 aromatic heterocycles. The Labute approximate surface area is 116 Å². The number of hydrogen-bond donors (Lipinski definition) is 1. The molecule has 0 atom stereocenters. The number of rotatable bonds is 3. The van der Waals surface area contributed by atoms with Crippen LogP contribution in [-0.4, -0.2) is 5.91 Å². The molecule has 0 aliphatic heterocycles. The third-order valence-electron chi connectivity index (χ3n) is 2.93. The van der Waals surface area contributed by atoms with Gasteiger partial charge < -0.3 is 5.32 Å². The number of benzene rings is 1. The number of nitrogens with one attached hydrogen (secondary N) is 1. The van der Waals surface area contributed by atoms with Crippen molar-refractivity contribution in [3.05, 3.63) is 56.2 Å². The molecule has 0 bridgehead atoms. The average molecular weight is 280 g/mol. The van der Waals surface area contributed by atoms with Crippen LogP contribution in [0.4, 0.5) is 0 Å². The zero-order valence-corrected chi connectivity index (χ0v) is 11.9. The highest BCUT2D eigenvalue weighted by Crippen LogP contribution is 2.20. The van der Waals surface area contributed by atoms with E-state index < -0.39 is 0 Å². The van der Waals surface area contributed by atoms with Gasteiger partial charge in [0, 0.05) is 22.0 Å². The summed E-state index contributed by atoms with van der Waals surface area (Å²) in [5, 5.41) is 5.64. The predicted octanol–water partition coefficient (Wildman–Crippen LogP) is 3.95. The van der Waals surface area contributed by atoms with Crippen molar-refractivity contribution in [2.45, 2.75) is 20.4 Å².